The van der Waals surface area contributed by atoms with Crippen LogP contribution in [0, 0.1) is 5.92 Å². The van der Waals surface area contributed by atoms with Crippen molar-refractivity contribution in [1.82, 2.24) is 0 Å². The molecule has 0 unspecified atom stereocenters. The van der Waals surface area contributed by atoms with Gasteiger partial charge in [0.15, 0.2) is 5.60 Å². The quantitative estimate of drug-likeness (QED) is 0.404. The molecule has 0 aliphatic carbocycles. The maximum atomic E-state index is 14.8. The highest BCUT2D eigenvalue weighted by Gasteiger charge is 2.66. The molecule has 41 heavy (non-hydrogen) atoms. The second kappa shape index (κ2) is 10.3. The van der Waals surface area contributed by atoms with E-state index in [2.05, 4.69) is 32.2 Å². The number of nitrogens with zero attached hydrogens (tertiary/aromatic N) is 2. The summed E-state index contributed by atoms with van der Waals surface area (Å²) < 4.78 is 17.6. The van der Waals surface area contributed by atoms with E-state index in [0.717, 1.165) is 22.7 Å². The Bertz CT molecular complexity index is 1460. The summed E-state index contributed by atoms with van der Waals surface area (Å²) in [6.45, 7) is 7.48. The summed E-state index contributed by atoms with van der Waals surface area (Å²) in [6.07, 6.45) is -0.297. The second-order valence-electron chi connectivity index (χ2n) is 11.6. The molecule has 0 aromatic heterocycles. The molecule has 3 aromatic rings. The van der Waals surface area contributed by atoms with Crippen LogP contribution in [-0.2, 0) is 19.9 Å². The molecule has 0 saturated carbocycles. The van der Waals surface area contributed by atoms with Crippen LogP contribution in [0.25, 0.3) is 0 Å². The summed E-state index contributed by atoms with van der Waals surface area (Å²) in [7, 11) is -0.632. The first-order chi connectivity index (χ1) is 19.7. The molecule has 9 heteroatoms. The van der Waals surface area contributed by atoms with Crippen molar-refractivity contribution in [3.05, 3.63) is 78.4 Å². The van der Waals surface area contributed by atoms with Gasteiger partial charge in [-0.05, 0) is 54.4 Å². The van der Waals surface area contributed by atoms with E-state index in [0.29, 0.717) is 25.3 Å². The third kappa shape index (κ3) is 4.17. The van der Waals surface area contributed by atoms with E-state index in [-0.39, 0.29) is 30.1 Å². The molecule has 2 fully saturated rings. The Morgan fingerprint density at radius 1 is 1.02 bits per heavy atom. The van der Waals surface area contributed by atoms with Crippen molar-refractivity contribution in [3.8, 4) is 5.75 Å². The summed E-state index contributed by atoms with van der Waals surface area (Å²) in [6, 6.07) is 23.5. The number of para-hydroxylation sites is 1. The van der Waals surface area contributed by atoms with Crippen molar-refractivity contribution >= 4 is 42.3 Å². The molecule has 6 rings (SSSR count). The number of ether oxygens (including phenoxy) is 3. The lowest BCUT2D eigenvalue weighted by molar-refractivity contribution is -0.145. The average Bonchev–Trinajstić information content (AvgIpc) is 3.62. The molecule has 1 N–H and O–H groups in total. The Morgan fingerprint density at radius 3 is 2.39 bits per heavy atom. The molecule has 3 aliphatic rings. The highest BCUT2D eigenvalue weighted by atomic mass is 28.3. The molecule has 214 valence electrons. The lowest BCUT2D eigenvalue weighted by Gasteiger charge is -2.37. The number of hydrogen-bond donors (Lipinski definition) is 1. The van der Waals surface area contributed by atoms with Gasteiger partial charge in [-0.3, -0.25) is 14.6 Å². The van der Waals surface area contributed by atoms with Gasteiger partial charge >= 0.3 is 6.09 Å². The number of aliphatic hydroxyl groups excluding tert-OH is 1. The van der Waals surface area contributed by atoms with E-state index in [1.165, 1.54) is 5.19 Å². The van der Waals surface area contributed by atoms with Gasteiger partial charge in [-0.2, -0.15) is 0 Å². The van der Waals surface area contributed by atoms with Crippen molar-refractivity contribution in [2.45, 2.75) is 43.7 Å². The van der Waals surface area contributed by atoms with Crippen LogP contribution in [0.2, 0.25) is 18.6 Å². The highest BCUT2D eigenvalue weighted by molar-refractivity contribution is 6.91. The molecule has 3 heterocycles. The van der Waals surface area contributed by atoms with Crippen molar-refractivity contribution < 1.29 is 28.9 Å². The van der Waals surface area contributed by atoms with E-state index in [1.807, 2.05) is 60.7 Å². The van der Waals surface area contributed by atoms with E-state index in [4.69, 9.17) is 14.2 Å². The van der Waals surface area contributed by atoms with Crippen molar-refractivity contribution in [2.24, 2.45) is 5.92 Å². The number of aliphatic hydroxyl groups is 1. The van der Waals surface area contributed by atoms with Gasteiger partial charge in [-0.1, -0.05) is 55.5 Å². The largest absolute Gasteiger partial charge is 0.497 e. The van der Waals surface area contributed by atoms with Crippen LogP contribution >= 0.6 is 0 Å². The van der Waals surface area contributed by atoms with Crippen LogP contribution < -0.4 is 19.7 Å². The van der Waals surface area contributed by atoms with E-state index >= 15 is 0 Å². The number of amides is 2. The molecule has 3 aliphatic heterocycles. The smallest absolute Gasteiger partial charge is 0.414 e. The standard InChI is InChI=1S/C32H36N2O6Si/c1-21-29(41(3,4)25-13-11-24(38-2)12-14-25)28(16-18-35)40-32(21)26-20-23(33-17-19-39-31(33)37)10-15-27(26)34(30(32)36)22-8-6-5-7-9-22/h5-15,20-21,28-29,35H,16-19H2,1-4H3/t21-,28+,29-,32+/m0/s1. The first-order valence-electron chi connectivity index (χ1n) is 14.2. The summed E-state index contributed by atoms with van der Waals surface area (Å²) in [5.41, 5.74) is 1.69. The Labute approximate surface area is 241 Å². The predicted molar refractivity (Wildman–Crippen MR) is 160 cm³/mol. The minimum absolute atomic E-state index is 0.0241. The number of carbonyl (C=O) groups is 2. The number of rotatable bonds is 7. The average molecular weight is 573 g/mol. The number of benzene rings is 3. The summed E-state index contributed by atoms with van der Waals surface area (Å²) in [5.74, 6) is 0.449. The molecule has 1 spiro atoms. The van der Waals surface area contributed by atoms with E-state index < -0.39 is 19.8 Å². The number of fused-ring (bicyclic) bond motifs is 2. The highest BCUT2D eigenvalue weighted by Crippen LogP contribution is 2.61. The van der Waals surface area contributed by atoms with Gasteiger partial charge in [0, 0.05) is 29.5 Å². The van der Waals surface area contributed by atoms with Gasteiger partial charge in [0.1, 0.15) is 12.4 Å². The first kappa shape index (κ1) is 27.5. The fraction of sp³-hybridized carbons (Fsp3) is 0.375. The van der Waals surface area contributed by atoms with E-state index in [9.17, 15) is 14.7 Å². The zero-order valence-electron chi connectivity index (χ0n) is 23.9. The van der Waals surface area contributed by atoms with Crippen molar-refractivity contribution in [1.29, 1.82) is 0 Å². The minimum Gasteiger partial charge on any atom is -0.497 e. The normalized spacial score (nSPS) is 25.6. The molecule has 8 nitrogen and oxygen atoms in total. The molecular formula is C32H36N2O6Si. The predicted octanol–water partition coefficient (Wildman–Crippen LogP) is 4.93. The zero-order valence-corrected chi connectivity index (χ0v) is 24.9. The molecule has 3 aromatic carbocycles. The molecule has 0 radical (unpaired) electrons. The lowest BCUT2D eigenvalue weighted by Crippen LogP contribution is -2.51. The van der Waals surface area contributed by atoms with Gasteiger partial charge in [0.25, 0.3) is 5.91 Å². The topological polar surface area (TPSA) is 88.5 Å². The molecule has 4 atom stereocenters. The van der Waals surface area contributed by atoms with Crippen LogP contribution in [-0.4, -0.2) is 58.2 Å². The fourth-order valence-corrected chi connectivity index (χ4v) is 11.3. The number of cyclic esters (lactones) is 1. The van der Waals surface area contributed by atoms with Crippen LogP contribution in [0.1, 0.15) is 18.9 Å². The Balaban J connectivity index is 1.51. The molecule has 0 bridgehead atoms. The van der Waals surface area contributed by atoms with Gasteiger partial charge in [0.05, 0.1) is 33.5 Å². The van der Waals surface area contributed by atoms with Gasteiger partial charge < -0.3 is 19.3 Å². The molecule has 2 amide bonds. The van der Waals surface area contributed by atoms with Crippen molar-refractivity contribution in [2.75, 3.05) is 36.7 Å². The monoisotopic (exact) mass is 572 g/mol. The number of carbonyl (C=O) groups excluding carboxylic acids is 2. The minimum atomic E-state index is -2.29. The molecular weight excluding hydrogens is 536 g/mol. The number of methoxy groups -OCH3 is 1. The first-order valence-corrected chi connectivity index (χ1v) is 17.2. The summed E-state index contributed by atoms with van der Waals surface area (Å²) in [4.78, 5) is 30.6. The number of anilines is 3. The van der Waals surface area contributed by atoms with Gasteiger partial charge in [-0.15, -0.1) is 0 Å². The number of hydrogen-bond acceptors (Lipinski definition) is 6. The van der Waals surface area contributed by atoms with Gasteiger partial charge in [-0.25, -0.2) is 4.79 Å². The Hall–Kier alpha value is -3.66. The summed E-state index contributed by atoms with van der Waals surface area (Å²) >= 11 is 0. The Kier molecular flexibility index (Phi) is 6.92. The van der Waals surface area contributed by atoms with E-state index in [1.54, 1.807) is 16.9 Å². The Morgan fingerprint density at radius 2 is 1.76 bits per heavy atom. The SMILES string of the molecule is COc1ccc([Si](C)(C)[C@@H]2[C@@H](CCO)O[C@]3(C(=O)N(c4ccccc4)c4ccc(N5CCOC5=O)cc43)[C@H]2C)cc1. The second-order valence-corrected chi connectivity index (χ2v) is 16.3. The molecule has 2 saturated heterocycles. The lowest BCUT2D eigenvalue weighted by atomic mass is 9.82. The van der Waals surface area contributed by atoms with Gasteiger partial charge in [0.2, 0.25) is 0 Å². The third-order valence-electron chi connectivity index (χ3n) is 9.23. The van der Waals surface area contributed by atoms with Crippen LogP contribution in [0.4, 0.5) is 21.9 Å². The van der Waals surface area contributed by atoms with Crippen LogP contribution in [0.3, 0.4) is 0 Å². The third-order valence-corrected chi connectivity index (χ3v) is 13.6. The fourth-order valence-electron chi connectivity index (χ4n) is 7.25. The summed E-state index contributed by atoms with van der Waals surface area (Å²) in [5, 5.41) is 11.4. The maximum Gasteiger partial charge on any atom is 0.414 e. The van der Waals surface area contributed by atoms with Crippen LogP contribution in [0.5, 0.6) is 5.75 Å². The maximum absolute atomic E-state index is 14.8. The zero-order chi connectivity index (χ0) is 28.9. The van der Waals surface area contributed by atoms with Crippen molar-refractivity contribution in [3.63, 3.8) is 0 Å². The van der Waals surface area contributed by atoms with Crippen LogP contribution in [0.15, 0.2) is 72.8 Å².